The molecule has 112 valence electrons. The number of hydrogen-bond donors (Lipinski definition) is 1. The Bertz CT molecular complexity index is 424. The summed E-state index contributed by atoms with van der Waals surface area (Å²) in [7, 11) is 0. The molecule has 2 saturated heterocycles. The number of aliphatic hydroxyl groups excluding tert-OH is 1. The Balaban J connectivity index is 1.87. The first kappa shape index (κ1) is 14.1. The van der Waals surface area contributed by atoms with Crippen LogP contribution >= 0.6 is 0 Å². The van der Waals surface area contributed by atoms with E-state index in [-0.39, 0.29) is 24.6 Å². The van der Waals surface area contributed by atoms with Crippen molar-refractivity contribution in [2.75, 3.05) is 6.61 Å². The summed E-state index contributed by atoms with van der Waals surface area (Å²) in [5.74, 6) is -0.174. The molecule has 1 N–H and O–H groups in total. The molecule has 3 aliphatic rings. The van der Waals surface area contributed by atoms with Crippen molar-refractivity contribution in [3.63, 3.8) is 0 Å². The maximum absolute atomic E-state index is 12.0. The molecule has 0 aromatic rings. The molecular formula is C16H24O4. The molecule has 20 heavy (non-hydrogen) atoms. The highest BCUT2D eigenvalue weighted by Gasteiger charge is 2.62. The molecule has 4 heteroatoms. The summed E-state index contributed by atoms with van der Waals surface area (Å²) in [5.41, 5.74) is -0.489. The highest BCUT2D eigenvalue weighted by Crippen LogP contribution is 2.56. The Morgan fingerprint density at radius 1 is 1.40 bits per heavy atom. The van der Waals surface area contributed by atoms with E-state index >= 15 is 0 Å². The van der Waals surface area contributed by atoms with E-state index in [4.69, 9.17) is 9.47 Å². The van der Waals surface area contributed by atoms with E-state index in [1.165, 1.54) is 0 Å². The van der Waals surface area contributed by atoms with E-state index in [9.17, 15) is 9.90 Å². The fourth-order valence-electron chi connectivity index (χ4n) is 4.44. The third-order valence-corrected chi connectivity index (χ3v) is 5.42. The maximum Gasteiger partial charge on any atom is 0.333 e. The van der Waals surface area contributed by atoms with Crippen LogP contribution < -0.4 is 0 Å². The van der Waals surface area contributed by atoms with E-state index in [0.29, 0.717) is 5.57 Å². The second-order valence-electron chi connectivity index (χ2n) is 6.73. The van der Waals surface area contributed by atoms with Crippen LogP contribution in [0.4, 0.5) is 0 Å². The second-order valence-corrected chi connectivity index (χ2v) is 6.73. The number of carbonyl (C=O) groups excluding carboxylic acids is 1. The van der Waals surface area contributed by atoms with E-state index in [2.05, 4.69) is 6.58 Å². The normalized spacial score (nSPS) is 38.1. The fraction of sp³-hybridized carbons (Fsp3) is 0.812. The van der Waals surface area contributed by atoms with Crippen LogP contribution in [-0.4, -0.2) is 35.0 Å². The molecule has 3 unspecified atom stereocenters. The molecule has 0 spiro atoms. The van der Waals surface area contributed by atoms with E-state index in [0.717, 1.165) is 44.9 Å². The number of esters is 1. The van der Waals surface area contributed by atoms with Crippen molar-refractivity contribution >= 4 is 5.97 Å². The summed E-state index contributed by atoms with van der Waals surface area (Å²) in [6.07, 6.45) is 6.95. The largest absolute Gasteiger partial charge is 0.455 e. The number of fused-ring (bicyclic) bond motifs is 2. The number of ether oxygens (including phenoxy) is 2. The first-order chi connectivity index (χ1) is 9.51. The molecule has 0 aromatic carbocycles. The molecule has 3 atom stereocenters. The average Bonchev–Trinajstić information content (AvgIpc) is 3.12. The minimum absolute atomic E-state index is 0.0283. The number of rotatable bonds is 4. The van der Waals surface area contributed by atoms with Gasteiger partial charge in [0, 0.05) is 11.5 Å². The van der Waals surface area contributed by atoms with Crippen LogP contribution in [0.2, 0.25) is 0 Å². The van der Waals surface area contributed by atoms with Gasteiger partial charge in [-0.2, -0.15) is 0 Å². The lowest BCUT2D eigenvalue weighted by atomic mass is 9.68. The Morgan fingerprint density at radius 3 is 2.65 bits per heavy atom. The fourth-order valence-corrected chi connectivity index (χ4v) is 4.44. The van der Waals surface area contributed by atoms with Crippen LogP contribution in [0.5, 0.6) is 0 Å². The lowest BCUT2D eigenvalue weighted by Crippen LogP contribution is -2.52. The van der Waals surface area contributed by atoms with Crippen molar-refractivity contribution in [1.29, 1.82) is 0 Å². The quantitative estimate of drug-likeness (QED) is 0.634. The molecule has 0 aromatic heterocycles. The van der Waals surface area contributed by atoms with Gasteiger partial charge >= 0.3 is 5.97 Å². The highest BCUT2D eigenvalue weighted by atomic mass is 16.6. The Morgan fingerprint density at radius 2 is 2.10 bits per heavy atom. The standard InChI is InChI=1S/C16H24O4/c1-11(2)14(18)20-15(6-3-4-7-15)13-9-12-5-8-16(13,10-17)19-12/h12-13,17H,1,3-10H2,2H3. The smallest absolute Gasteiger partial charge is 0.333 e. The van der Waals surface area contributed by atoms with Crippen molar-refractivity contribution in [3.8, 4) is 0 Å². The molecular weight excluding hydrogens is 256 g/mol. The van der Waals surface area contributed by atoms with Crippen LogP contribution in [-0.2, 0) is 14.3 Å². The van der Waals surface area contributed by atoms with Crippen molar-refractivity contribution in [2.24, 2.45) is 5.92 Å². The molecule has 4 nitrogen and oxygen atoms in total. The molecule has 2 aliphatic heterocycles. The van der Waals surface area contributed by atoms with Gasteiger partial charge in [-0.25, -0.2) is 4.79 Å². The lowest BCUT2D eigenvalue weighted by Gasteiger charge is -2.43. The molecule has 2 bridgehead atoms. The first-order valence-electron chi connectivity index (χ1n) is 7.69. The molecule has 2 heterocycles. The topological polar surface area (TPSA) is 55.8 Å². The van der Waals surface area contributed by atoms with Gasteiger partial charge in [-0.1, -0.05) is 6.58 Å². The van der Waals surface area contributed by atoms with Gasteiger partial charge in [-0.15, -0.1) is 0 Å². The number of carbonyl (C=O) groups is 1. The molecule has 3 rings (SSSR count). The first-order valence-corrected chi connectivity index (χ1v) is 7.69. The van der Waals surface area contributed by atoms with Gasteiger partial charge in [0.2, 0.25) is 0 Å². The monoisotopic (exact) mass is 280 g/mol. The summed E-state index contributed by atoms with van der Waals surface area (Å²) in [5, 5.41) is 9.85. The zero-order valence-corrected chi connectivity index (χ0v) is 12.2. The molecule has 0 radical (unpaired) electrons. The second kappa shape index (κ2) is 4.85. The maximum atomic E-state index is 12.0. The van der Waals surface area contributed by atoms with E-state index in [1.807, 2.05) is 0 Å². The summed E-state index contributed by atoms with van der Waals surface area (Å²) in [4.78, 5) is 12.0. The van der Waals surface area contributed by atoms with Gasteiger partial charge in [-0.3, -0.25) is 0 Å². The summed E-state index contributed by atoms with van der Waals surface area (Å²) >= 11 is 0. The molecule has 1 aliphatic carbocycles. The highest BCUT2D eigenvalue weighted by molar-refractivity contribution is 5.87. The van der Waals surface area contributed by atoms with Gasteiger partial charge < -0.3 is 14.6 Å². The van der Waals surface area contributed by atoms with Crippen LogP contribution in [0.1, 0.15) is 51.9 Å². The van der Waals surface area contributed by atoms with Gasteiger partial charge in [-0.05, 0) is 51.9 Å². The van der Waals surface area contributed by atoms with Gasteiger partial charge in [0.25, 0.3) is 0 Å². The van der Waals surface area contributed by atoms with Crippen LogP contribution in [0.3, 0.4) is 0 Å². The minimum Gasteiger partial charge on any atom is -0.455 e. The zero-order valence-electron chi connectivity index (χ0n) is 12.2. The Hall–Kier alpha value is -0.870. The third-order valence-electron chi connectivity index (χ3n) is 5.42. The molecule has 1 saturated carbocycles. The van der Waals surface area contributed by atoms with Crippen LogP contribution in [0.25, 0.3) is 0 Å². The number of aliphatic hydroxyl groups is 1. The predicted molar refractivity (Wildman–Crippen MR) is 74.1 cm³/mol. The SMILES string of the molecule is C=C(C)C(=O)OC1(C2CC3CCC2(CO)O3)CCCC1. The average molecular weight is 280 g/mol. The van der Waals surface area contributed by atoms with Crippen LogP contribution in [0.15, 0.2) is 12.2 Å². The van der Waals surface area contributed by atoms with Crippen molar-refractivity contribution < 1.29 is 19.4 Å². The number of hydrogen-bond acceptors (Lipinski definition) is 4. The van der Waals surface area contributed by atoms with E-state index < -0.39 is 11.2 Å². The summed E-state index contributed by atoms with van der Waals surface area (Å²) < 4.78 is 11.9. The van der Waals surface area contributed by atoms with Gasteiger partial charge in [0.15, 0.2) is 0 Å². The predicted octanol–water partition coefficient (Wildman–Crippen LogP) is 2.35. The minimum atomic E-state index is -0.482. The van der Waals surface area contributed by atoms with Crippen LogP contribution in [0, 0.1) is 5.92 Å². The lowest BCUT2D eigenvalue weighted by molar-refractivity contribution is -0.172. The summed E-state index contributed by atoms with van der Waals surface area (Å²) in [6.45, 7) is 5.40. The van der Waals surface area contributed by atoms with Crippen molar-refractivity contribution in [3.05, 3.63) is 12.2 Å². The summed E-state index contributed by atoms with van der Waals surface area (Å²) in [6, 6.07) is 0. The van der Waals surface area contributed by atoms with E-state index in [1.54, 1.807) is 6.92 Å². The molecule has 0 amide bonds. The molecule has 3 fully saturated rings. The third kappa shape index (κ3) is 2.01. The van der Waals surface area contributed by atoms with Gasteiger partial charge in [0.1, 0.15) is 5.60 Å². The zero-order chi connectivity index (χ0) is 14.4. The van der Waals surface area contributed by atoms with Crippen molar-refractivity contribution in [1.82, 2.24) is 0 Å². The van der Waals surface area contributed by atoms with Gasteiger partial charge in [0.05, 0.1) is 18.3 Å². The Kier molecular flexibility index (Phi) is 3.41. The Labute approximate surface area is 120 Å². The van der Waals surface area contributed by atoms with Crippen molar-refractivity contribution in [2.45, 2.75) is 69.2 Å².